The van der Waals surface area contributed by atoms with Gasteiger partial charge in [0.25, 0.3) is 0 Å². The third kappa shape index (κ3) is 3.68. The van der Waals surface area contributed by atoms with E-state index in [0.717, 1.165) is 32.1 Å². The SMILES string of the molecule is C[C@H](O)/C=C/[C@@](C)(O)[C@H]1CC[C@H]2C3=CC(=O)[C@H]4CC(=CC[C@H](O)C4)[C@H]3CC[C@@]21C. The molecule has 8 atom stereocenters. The number of hydrogen-bond acceptors (Lipinski definition) is 4. The lowest BCUT2D eigenvalue weighted by Crippen LogP contribution is -2.45. The molecule has 0 spiro atoms. The summed E-state index contributed by atoms with van der Waals surface area (Å²) in [6.07, 6.45) is 12.6. The molecular formula is C25H36O4. The van der Waals surface area contributed by atoms with Crippen molar-refractivity contribution in [3.05, 3.63) is 35.5 Å². The molecule has 0 aromatic carbocycles. The Hall–Kier alpha value is -1.23. The smallest absolute Gasteiger partial charge is 0.159 e. The van der Waals surface area contributed by atoms with Gasteiger partial charge in [-0.25, -0.2) is 0 Å². The summed E-state index contributed by atoms with van der Waals surface area (Å²) in [7, 11) is 0. The second-order valence-corrected chi connectivity index (χ2v) is 10.5. The second kappa shape index (κ2) is 7.47. The molecule has 0 heterocycles. The van der Waals surface area contributed by atoms with Crippen molar-refractivity contribution in [3.63, 3.8) is 0 Å². The van der Waals surface area contributed by atoms with E-state index >= 15 is 0 Å². The van der Waals surface area contributed by atoms with Crippen molar-refractivity contribution in [2.24, 2.45) is 29.1 Å². The molecule has 4 aliphatic carbocycles. The van der Waals surface area contributed by atoms with E-state index < -0.39 is 17.8 Å². The van der Waals surface area contributed by atoms with Crippen LogP contribution in [0.4, 0.5) is 0 Å². The van der Waals surface area contributed by atoms with Crippen molar-refractivity contribution in [2.45, 2.75) is 83.5 Å². The van der Waals surface area contributed by atoms with E-state index in [0.29, 0.717) is 24.7 Å². The molecule has 0 aromatic heterocycles. The van der Waals surface area contributed by atoms with Crippen LogP contribution < -0.4 is 0 Å². The van der Waals surface area contributed by atoms with Gasteiger partial charge in [0.05, 0.1) is 17.8 Å². The first-order valence-electron chi connectivity index (χ1n) is 11.3. The van der Waals surface area contributed by atoms with E-state index in [1.54, 1.807) is 19.1 Å². The third-order valence-electron chi connectivity index (χ3n) is 8.38. The Morgan fingerprint density at radius 2 is 2.07 bits per heavy atom. The molecule has 160 valence electrons. The van der Waals surface area contributed by atoms with Crippen LogP contribution in [0.15, 0.2) is 35.5 Å². The molecule has 2 fully saturated rings. The number of aliphatic hydroxyl groups excluding tert-OH is 2. The first-order valence-corrected chi connectivity index (χ1v) is 11.3. The van der Waals surface area contributed by atoms with Gasteiger partial charge in [-0.2, -0.15) is 0 Å². The lowest BCUT2D eigenvalue weighted by Gasteiger charge is -2.49. The fraction of sp³-hybridized carbons (Fsp3) is 0.720. The Balaban J connectivity index is 1.67. The molecule has 2 bridgehead atoms. The zero-order valence-electron chi connectivity index (χ0n) is 18.0. The number of carbonyl (C=O) groups excluding carboxylic acids is 1. The van der Waals surface area contributed by atoms with Gasteiger partial charge in [0.1, 0.15) is 0 Å². The normalized spacial score (nSPS) is 42.8. The first kappa shape index (κ1) is 21.0. The van der Waals surface area contributed by atoms with Crippen LogP contribution in [0.2, 0.25) is 0 Å². The monoisotopic (exact) mass is 400 g/mol. The molecule has 4 rings (SSSR count). The Morgan fingerprint density at radius 3 is 2.79 bits per heavy atom. The van der Waals surface area contributed by atoms with Gasteiger partial charge in [-0.1, -0.05) is 36.3 Å². The van der Waals surface area contributed by atoms with E-state index in [1.807, 2.05) is 13.0 Å². The van der Waals surface area contributed by atoms with Crippen molar-refractivity contribution in [1.29, 1.82) is 0 Å². The van der Waals surface area contributed by atoms with E-state index in [1.165, 1.54) is 11.1 Å². The molecular weight excluding hydrogens is 364 g/mol. The van der Waals surface area contributed by atoms with Crippen LogP contribution in [0.1, 0.15) is 65.7 Å². The fourth-order valence-corrected chi connectivity index (χ4v) is 6.95. The fourth-order valence-electron chi connectivity index (χ4n) is 6.95. The molecule has 3 N–H and O–H groups in total. The average Bonchev–Trinajstić information content (AvgIpc) is 2.81. The molecule has 0 unspecified atom stereocenters. The zero-order chi connectivity index (χ0) is 21.0. The maximum absolute atomic E-state index is 13.0. The van der Waals surface area contributed by atoms with Crippen LogP contribution in [0.3, 0.4) is 0 Å². The summed E-state index contributed by atoms with van der Waals surface area (Å²) < 4.78 is 0. The van der Waals surface area contributed by atoms with Crippen molar-refractivity contribution in [1.82, 2.24) is 0 Å². The largest absolute Gasteiger partial charge is 0.393 e. The summed E-state index contributed by atoms with van der Waals surface area (Å²) in [5.41, 5.74) is 1.62. The summed E-state index contributed by atoms with van der Waals surface area (Å²) >= 11 is 0. The van der Waals surface area contributed by atoms with Gasteiger partial charge in [-0.15, -0.1) is 0 Å². The number of hydrogen-bond donors (Lipinski definition) is 3. The van der Waals surface area contributed by atoms with Crippen LogP contribution in [0, 0.1) is 29.1 Å². The van der Waals surface area contributed by atoms with E-state index in [9.17, 15) is 20.1 Å². The third-order valence-corrected chi connectivity index (χ3v) is 8.38. The summed E-state index contributed by atoms with van der Waals surface area (Å²) in [6.45, 7) is 5.86. The lowest BCUT2D eigenvalue weighted by atomic mass is 9.57. The summed E-state index contributed by atoms with van der Waals surface area (Å²) in [5.74, 6) is 0.838. The van der Waals surface area contributed by atoms with Gasteiger partial charge >= 0.3 is 0 Å². The zero-order valence-corrected chi connectivity index (χ0v) is 18.0. The molecule has 0 aromatic rings. The quantitative estimate of drug-likeness (QED) is 0.631. The molecule has 0 radical (unpaired) electrons. The summed E-state index contributed by atoms with van der Waals surface area (Å²) in [4.78, 5) is 13.0. The molecule has 0 saturated heterocycles. The standard InChI is InChI=1S/C25H36O4/c1-15(26)8-11-25(3,29)23-7-6-21-20-14-22(28)17-12-16(4-5-18(27)13-17)19(20)9-10-24(21,23)2/h4,8,11,14-15,17-19,21,23,26-27,29H,5-7,9-10,12-13H2,1-3H3/b11-8+/t15-,17-,18-,19+,21-,23-,24-,25+/m0/s1. The summed E-state index contributed by atoms with van der Waals surface area (Å²) in [6, 6.07) is 0. The maximum Gasteiger partial charge on any atom is 0.159 e. The van der Waals surface area contributed by atoms with Crippen molar-refractivity contribution >= 4 is 5.78 Å². The van der Waals surface area contributed by atoms with Crippen LogP contribution >= 0.6 is 0 Å². The van der Waals surface area contributed by atoms with E-state index in [2.05, 4.69) is 13.0 Å². The van der Waals surface area contributed by atoms with Crippen LogP contribution in [0.25, 0.3) is 0 Å². The minimum absolute atomic E-state index is 0.0519. The molecule has 0 aliphatic heterocycles. The Labute approximate surface area is 174 Å². The van der Waals surface area contributed by atoms with Crippen molar-refractivity contribution < 1.29 is 20.1 Å². The molecule has 4 nitrogen and oxygen atoms in total. The minimum atomic E-state index is -0.973. The van der Waals surface area contributed by atoms with Gasteiger partial charge in [0, 0.05) is 11.8 Å². The predicted octanol–water partition coefficient (Wildman–Crippen LogP) is 3.71. The number of fused-ring (bicyclic) bond motifs is 6. The van der Waals surface area contributed by atoms with Crippen LogP contribution in [-0.2, 0) is 4.79 Å². The molecule has 29 heavy (non-hydrogen) atoms. The van der Waals surface area contributed by atoms with Gasteiger partial charge in [0.2, 0.25) is 0 Å². The van der Waals surface area contributed by atoms with E-state index in [-0.39, 0.29) is 23.0 Å². The number of allylic oxidation sites excluding steroid dienone is 3. The Bertz CT molecular complexity index is 759. The van der Waals surface area contributed by atoms with E-state index in [4.69, 9.17) is 0 Å². The predicted molar refractivity (Wildman–Crippen MR) is 113 cm³/mol. The Morgan fingerprint density at radius 1 is 1.31 bits per heavy atom. The lowest BCUT2D eigenvalue weighted by molar-refractivity contribution is -0.119. The van der Waals surface area contributed by atoms with Crippen molar-refractivity contribution in [3.8, 4) is 0 Å². The average molecular weight is 401 g/mol. The number of ketones is 1. The topological polar surface area (TPSA) is 77.8 Å². The highest BCUT2D eigenvalue weighted by molar-refractivity contribution is 5.93. The molecule has 2 saturated carbocycles. The number of carbonyl (C=O) groups is 1. The van der Waals surface area contributed by atoms with Crippen LogP contribution in [0.5, 0.6) is 0 Å². The highest BCUT2D eigenvalue weighted by Gasteiger charge is 2.57. The number of rotatable bonds is 3. The molecule has 0 amide bonds. The van der Waals surface area contributed by atoms with Gasteiger partial charge in [-0.3, -0.25) is 4.79 Å². The highest BCUT2D eigenvalue weighted by Crippen LogP contribution is 2.63. The van der Waals surface area contributed by atoms with Crippen molar-refractivity contribution in [2.75, 3.05) is 0 Å². The van der Waals surface area contributed by atoms with Crippen LogP contribution in [-0.4, -0.2) is 38.9 Å². The van der Waals surface area contributed by atoms with Gasteiger partial charge in [-0.05, 0) is 82.1 Å². The maximum atomic E-state index is 13.0. The number of aliphatic hydroxyl groups is 3. The van der Waals surface area contributed by atoms with Gasteiger partial charge < -0.3 is 15.3 Å². The molecule has 4 heteroatoms. The Kier molecular flexibility index (Phi) is 5.42. The van der Waals surface area contributed by atoms with Gasteiger partial charge in [0.15, 0.2) is 5.78 Å². The second-order valence-electron chi connectivity index (χ2n) is 10.5. The summed E-state index contributed by atoms with van der Waals surface area (Å²) in [5, 5.41) is 31.1. The highest BCUT2D eigenvalue weighted by atomic mass is 16.3. The first-order chi connectivity index (χ1) is 13.6. The minimum Gasteiger partial charge on any atom is -0.393 e. The molecule has 4 aliphatic rings.